The highest BCUT2D eigenvalue weighted by Crippen LogP contribution is 2.28. The molecule has 2 aromatic rings. The number of benzene rings is 2. The molecule has 0 spiro atoms. The van der Waals surface area contributed by atoms with Crippen molar-refractivity contribution in [2.45, 2.75) is 32.5 Å². The van der Waals surface area contributed by atoms with E-state index in [9.17, 15) is 18.8 Å². The minimum absolute atomic E-state index is 0.0566. The van der Waals surface area contributed by atoms with Gasteiger partial charge in [0.15, 0.2) is 0 Å². The van der Waals surface area contributed by atoms with E-state index in [0.717, 1.165) is 5.56 Å². The zero-order valence-electron chi connectivity index (χ0n) is 22.2. The van der Waals surface area contributed by atoms with Gasteiger partial charge < -0.3 is 14.5 Å². The highest BCUT2D eigenvalue weighted by molar-refractivity contribution is 6.53. The lowest BCUT2D eigenvalue weighted by Gasteiger charge is -2.44. The standard InChI is InChI=1S/C30H33ClFN3O4/c1-4-5-25(28(36)30(38)33-12-14-39-15-13-33)23-8-11-27(31)26(16-23)29(37)35-18-20(2)34(17-21(35)3)19-22-6-9-24(32)10-7-22/h4-11,16,20-21H,1,12-15,17-19H2,2-3H3/b25-5+/t20-,21+/m0/s1. The maximum atomic E-state index is 13.7. The van der Waals surface area contributed by atoms with Gasteiger partial charge in [-0.05, 0) is 49.2 Å². The van der Waals surface area contributed by atoms with E-state index in [2.05, 4.69) is 18.4 Å². The normalized spacial score (nSPS) is 20.6. The SMILES string of the molecule is C=C/C=C(/C(=O)C(=O)N1CCOCC1)c1ccc(Cl)c(C(=O)N2C[C@H](C)N(Cc3ccc(F)cc3)C[C@H]2C)c1. The van der Waals surface area contributed by atoms with Crippen LogP contribution in [0, 0.1) is 5.82 Å². The largest absolute Gasteiger partial charge is 0.378 e. The van der Waals surface area contributed by atoms with E-state index in [0.29, 0.717) is 51.5 Å². The van der Waals surface area contributed by atoms with E-state index in [4.69, 9.17) is 16.3 Å². The van der Waals surface area contributed by atoms with Crippen molar-refractivity contribution in [1.82, 2.24) is 14.7 Å². The molecule has 2 aliphatic rings. The molecule has 0 saturated carbocycles. The Bertz CT molecular complexity index is 1270. The van der Waals surface area contributed by atoms with Gasteiger partial charge in [-0.1, -0.05) is 48.5 Å². The molecule has 2 amide bonds. The molecule has 0 N–H and O–H groups in total. The summed E-state index contributed by atoms with van der Waals surface area (Å²) in [5.41, 5.74) is 1.84. The molecule has 0 aliphatic carbocycles. The van der Waals surface area contributed by atoms with Crippen LogP contribution in [0.5, 0.6) is 0 Å². The summed E-state index contributed by atoms with van der Waals surface area (Å²) in [6, 6.07) is 11.2. The second-order valence-corrected chi connectivity index (χ2v) is 10.4. The number of piperazine rings is 1. The van der Waals surface area contributed by atoms with E-state index in [1.165, 1.54) is 29.2 Å². The Labute approximate surface area is 233 Å². The molecule has 2 atom stereocenters. The second-order valence-electron chi connectivity index (χ2n) is 9.96. The van der Waals surface area contributed by atoms with E-state index < -0.39 is 11.7 Å². The minimum Gasteiger partial charge on any atom is -0.378 e. The summed E-state index contributed by atoms with van der Waals surface area (Å²) in [6.45, 7) is 10.9. The van der Waals surface area contributed by atoms with Gasteiger partial charge in [-0.15, -0.1) is 0 Å². The van der Waals surface area contributed by atoms with Crippen LogP contribution in [0.15, 0.2) is 61.2 Å². The van der Waals surface area contributed by atoms with Gasteiger partial charge in [0.2, 0.25) is 0 Å². The quantitative estimate of drug-likeness (QED) is 0.292. The number of morpholine rings is 1. The molecule has 2 saturated heterocycles. The summed E-state index contributed by atoms with van der Waals surface area (Å²) < 4.78 is 18.6. The summed E-state index contributed by atoms with van der Waals surface area (Å²) in [6.07, 6.45) is 2.93. The number of rotatable bonds is 7. The average Bonchev–Trinajstić information content (AvgIpc) is 2.94. The molecule has 2 aliphatic heterocycles. The number of halogens is 2. The average molecular weight is 554 g/mol. The smallest absolute Gasteiger partial charge is 0.295 e. The highest BCUT2D eigenvalue weighted by atomic mass is 35.5. The first-order valence-electron chi connectivity index (χ1n) is 13.0. The molecule has 9 heteroatoms. The molecule has 206 valence electrons. The zero-order chi connectivity index (χ0) is 28.1. The van der Waals surface area contributed by atoms with Crippen LogP contribution in [0.2, 0.25) is 5.02 Å². The van der Waals surface area contributed by atoms with Crippen molar-refractivity contribution in [3.8, 4) is 0 Å². The van der Waals surface area contributed by atoms with Crippen LogP contribution in [-0.2, 0) is 20.9 Å². The van der Waals surface area contributed by atoms with Gasteiger partial charge in [0.25, 0.3) is 17.6 Å². The predicted molar refractivity (Wildman–Crippen MR) is 149 cm³/mol. The maximum Gasteiger partial charge on any atom is 0.295 e. The summed E-state index contributed by atoms with van der Waals surface area (Å²) in [7, 11) is 0. The fourth-order valence-electron chi connectivity index (χ4n) is 4.98. The van der Waals surface area contributed by atoms with Gasteiger partial charge in [0, 0.05) is 50.4 Å². The van der Waals surface area contributed by atoms with Crippen molar-refractivity contribution < 1.29 is 23.5 Å². The van der Waals surface area contributed by atoms with Crippen LogP contribution < -0.4 is 0 Å². The van der Waals surface area contributed by atoms with Crippen LogP contribution in [0.25, 0.3) is 5.57 Å². The van der Waals surface area contributed by atoms with Gasteiger partial charge >= 0.3 is 0 Å². The molecule has 0 aromatic heterocycles. The molecule has 2 aromatic carbocycles. The summed E-state index contributed by atoms with van der Waals surface area (Å²) in [5.74, 6) is -1.80. The minimum atomic E-state index is -0.672. The maximum absolute atomic E-state index is 13.7. The van der Waals surface area contributed by atoms with Gasteiger partial charge in [-0.25, -0.2) is 4.39 Å². The summed E-state index contributed by atoms with van der Waals surface area (Å²) in [5, 5.41) is 0.266. The fraction of sp³-hybridized carbons (Fsp3) is 0.367. The Kier molecular flexibility index (Phi) is 9.32. The van der Waals surface area contributed by atoms with Crippen LogP contribution in [0.3, 0.4) is 0 Å². The van der Waals surface area contributed by atoms with Gasteiger partial charge in [0.05, 0.1) is 23.8 Å². The number of carbonyl (C=O) groups is 3. The monoisotopic (exact) mass is 553 g/mol. The number of Topliss-reactive ketones (excluding diaryl/α,β-unsaturated/α-hetero) is 1. The molecule has 0 bridgehead atoms. The number of hydrogen-bond donors (Lipinski definition) is 0. The van der Waals surface area contributed by atoms with E-state index in [-0.39, 0.29) is 40.0 Å². The topological polar surface area (TPSA) is 70.2 Å². The molecule has 0 unspecified atom stereocenters. The number of hydrogen-bond acceptors (Lipinski definition) is 5. The van der Waals surface area contributed by atoms with Gasteiger partial charge in [-0.2, -0.15) is 0 Å². The number of carbonyl (C=O) groups excluding carboxylic acids is 3. The lowest BCUT2D eigenvalue weighted by molar-refractivity contribution is -0.144. The molecule has 2 fully saturated rings. The first-order valence-corrected chi connectivity index (χ1v) is 13.4. The fourth-order valence-corrected chi connectivity index (χ4v) is 5.18. The summed E-state index contributed by atoms with van der Waals surface area (Å²) in [4.78, 5) is 45.3. The first kappa shape index (κ1) is 28.7. The van der Waals surface area contributed by atoms with Crippen molar-refractivity contribution in [2.24, 2.45) is 0 Å². The number of nitrogens with zero attached hydrogens (tertiary/aromatic N) is 3. The highest BCUT2D eigenvalue weighted by Gasteiger charge is 2.34. The van der Waals surface area contributed by atoms with Crippen molar-refractivity contribution in [3.63, 3.8) is 0 Å². The molecular weight excluding hydrogens is 521 g/mol. The van der Waals surface area contributed by atoms with Crippen LogP contribution in [0.1, 0.15) is 35.3 Å². The Hall–Kier alpha value is -3.33. The third kappa shape index (κ3) is 6.64. The van der Waals surface area contributed by atoms with Crippen molar-refractivity contribution >= 4 is 34.8 Å². The van der Waals surface area contributed by atoms with E-state index >= 15 is 0 Å². The molecule has 2 heterocycles. The van der Waals surface area contributed by atoms with Crippen LogP contribution in [0.4, 0.5) is 4.39 Å². The number of allylic oxidation sites excluding steroid dienone is 2. The lowest BCUT2D eigenvalue weighted by atomic mass is 9.97. The lowest BCUT2D eigenvalue weighted by Crippen LogP contribution is -2.57. The molecule has 0 radical (unpaired) electrons. The Morgan fingerprint density at radius 1 is 1.05 bits per heavy atom. The van der Waals surface area contributed by atoms with E-state index in [1.54, 1.807) is 35.2 Å². The Balaban J connectivity index is 1.53. The van der Waals surface area contributed by atoms with E-state index in [1.807, 2.05) is 6.92 Å². The van der Waals surface area contributed by atoms with Crippen LogP contribution in [-0.4, -0.2) is 83.8 Å². The van der Waals surface area contributed by atoms with Gasteiger partial charge in [0.1, 0.15) is 5.82 Å². The number of ether oxygens (including phenoxy) is 1. The molecule has 7 nitrogen and oxygen atoms in total. The predicted octanol–water partition coefficient (Wildman–Crippen LogP) is 4.21. The van der Waals surface area contributed by atoms with Gasteiger partial charge in [-0.3, -0.25) is 19.3 Å². The molecule has 39 heavy (non-hydrogen) atoms. The summed E-state index contributed by atoms with van der Waals surface area (Å²) >= 11 is 6.49. The first-order chi connectivity index (χ1) is 18.7. The number of ketones is 1. The van der Waals surface area contributed by atoms with Crippen molar-refractivity contribution in [3.05, 3.63) is 88.7 Å². The molecule has 4 rings (SSSR count). The van der Waals surface area contributed by atoms with Crippen LogP contribution >= 0.6 is 11.6 Å². The Morgan fingerprint density at radius 2 is 1.74 bits per heavy atom. The van der Waals surface area contributed by atoms with Crippen molar-refractivity contribution in [1.29, 1.82) is 0 Å². The zero-order valence-corrected chi connectivity index (χ0v) is 23.0. The second kappa shape index (κ2) is 12.7. The third-order valence-corrected chi connectivity index (χ3v) is 7.53. The number of amides is 2. The Morgan fingerprint density at radius 3 is 2.41 bits per heavy atom. The molecular formula is C30H33ClFN3O4. The van der Waals surface area contributed by atoms with Crippen molar-refractivity contribution in [2.75, 3.05) is 39.4 Å². The third-order valence-electron chi connectivity index (χ3n) is 7.20.